The lowest BCUT2D eigenvalue weighted by molar-refractivity contribution is 0.0689. The third-order valence-corrected chi connectivity index (χ3v) is 7.38. The van der Waals surface area contributed by atoms with Gasteiger partial charge >= 0.3 is 0 Å². The second kappa shape index (κ2) is 11.8. The molecule has 0 spiro atoms. The molecule has 0 unspecified atom stereocenters. The number of methoxy groups -OCH3 is 2. The largest absolute Gasteiger partial charge is 0.493 e. The molecule has 4 rings (SSSR count). The van der Waals surface area contributed by atoms with Crippen LogP contribution in [0.1, 0.15) is 54.2 Å². The van der Waals surface area contributed by atoms with Crippen LogP contribution in [0.15, 0.2) is 36.4 Å². The first-order valence-electron chi connectivity index (χ1n) is 12.9. The van der Waals surface area contributed by atoms with Crippen molar-refractivity contribution in [2.75, 3.05) is 64.9 Å². The van der Waals surface area contributed by atoms with Gasteiger partial charge in [0.1, 0.15) is 0 Å². The maximum atomic E-state index is 13.7. The third-order valence-electron chi connectivity index (χ3n) is 7.38. The van der Waals surface area contributed by atoms with Crippen molar-refractivity contribution in [3.05, 3.63) is 53.1 Å². The Morgan fingerprint density at radius 1 is 1.00 bits per heavy atom. The second-order valence-corrected chi connectivity index (χ2v) is 9.28. The molecule has 1 fully saturated rings. The number of carbonyl (C=O) groups is 1. The van der Waals surface area contributed by atoms with Crippen LogP contribution in [0.3, 0.4) is 0 Å². The number of anilines is 1. The predicted octanol–water partition coefficient (Wildman–Crippen LogP) is 3.93. The zero-order chi connectivity index (χ0) is 24.8. The van der Waals surface area contributed by atoms with Crippen molar-refractivity contribution in [1.29, 1.82) is 0 Å². The van der Waals surface area contributed by atoms with Crippen LogP contribution in [0, 0.1) is 0 Å². The number of hydrogen-bond donors (Lipinski definition) is 1. The smallest absolute Gasteiger partial charge is 0.255 e. The lowest BCUT2D eigenvalue weighted by Crippen LogP contribution is -2.46. The molecule has 2 aromatic carbocycles. The Morgan fingerprint density at radius 2 is 1.77 bits per heavy atom. The van der Waals surface area contributed by atoms with E-state index in [1.165, 1.54) is 11.3 Å². The van der Waals surface area contributed by atoms with Crippen LogP contribution in [0.4, 0.5) is 5.69 Å². The minimum Gasteiger partial charge on any atom is -0.493 e. The molecule has 35 heavy (non-hydrogen) atoms. The van der Waals surface area contributed by atoms with Crippen molar-refractivity contribution in [3.63, 3.8) is 0 Å². The quantitative estimate of drug-likeness (QED) is 0.492. The predicted molar refractivity (Wildman–Crippen MR) is 141 cm³/mol. The maximum absolute atomic E-state index is 13.7. The summed E-state index contributed by atoms with van der Waals surface area (Å²) in [6.07, 6.45) is 1.87. The normalized spacial score (nSPS) is 17.0. The van der Waals surface area contributed by atoms with Crippen LogP contribution >= 0.6 is 0 Å². The summed E-state index contributed by atoms with van der Waals surface area (Å²) >= 11 is 0. The molecular formula is C28H40N4O3. The van der Waals surface area contributed by atoms with Gasteiger partial charge in [-0.3, -0.25) is 4.79 Å². The molecule has 0 saturated carbocycles. The second-order valence-electron chi connectivity index (χ2n) is 9.28. The van der Waals surface area contributed by atoms with E-state index in [9.17, 15) is 4.79 Å². The molecule has 2 aliphatic rings. The van der Waals surface area contributed by atoms with Gasteiger partial charge in [-0.2, -0.15) is 0 Å². The van der Waals surface area contributed by atoms with E-state index < -0.39 is 0 Å². The molecule has 1 atom stereocenters. The molecule has 2 aliphatic heterocycles. The van der Waals surface area contributed by atoms with E-state index in [1.807, 2.05) is 24.3 Å². The van der Waals surface area contributed by atoms with E-state index >= 15 is 0 Å². The number of carbonyl (C=O) groups excluding carboxylic acids is 1. The Hall–Kier alpha value is -2.77. The summed E-state index contributed by atoms with van der Waals surface area (Å²) in [7, 11) is 3.30. The Balaban J connectivity index is 1.62. The van der Waals surface area contributed by atoms with Gasteiger partial charge in [-0.15, -0.1) is 0 Å². The summed E-state index contributed by atoms with van der Waals surface area (Å²) in [5.41, 5.74) is 4.31. The topological polar surface area (TPSA) is 57.3 Å². The average molecular weight is 481 g/mol. The fraction of sp³-hybridized carbons (Fsp3) is 0.536. The summed E-state index contributed by atoms with van der Waals surface area (Å²) in [5, 5.41) is 3.42. The number of nitrogens with one attached hydrogen (secondary N) is 1. The van der Waals surface area contributed by atoms with Crippen molar-refractivity contribution < 1.29 is 14.3 Å². The minimum atomic E-state index is -0.0295. The summed E-state index contributed by atoms with van der Waals surface area (Å²) in [4.78, 5) is 20.7. The molecule has 7 nitrogen and oxygen atoms in total. The van der Waals surface area contributed by atoms with Crippen molar-refractivity contribution in [3.8, 4) is 11.5 Å². The molecule has 1 saturated heterocycles. The number of rotatable bonds is 11. The van der Waals surface area contributed by atoms with Crippen molar-refractivity contribution in [2.24, 2.45) is 0 Å². The Morgan fingerprint density at radius 3 is 2.46 bits per heavy atom. The first kappa shape index (κ1) is 25.3. The molecule has 1 N–H and O–H groups in total. The molecule has 0 bridgehead atoms. The van der Waals surface area contributed by atoms with Crippen LogP contribution in [-0.2, 0) is 6.54 Å². The van der Waals surface area contributed by atoms with E-state index in [-0.39, 0.29) is 11.9 Å². The average Bonchev–Trinajstić information content (AvgIpc) is 3.24. The molecule has 7 heteroatoms. The van der Waals surface area contributed by atoms with Gasteiger partial charge in [-0.1, -0.05) is 26.0 Å². The van der Waals surface area contributed by atoms with Gasteiger partial charge < -0.3 is 29.5 Å². The van der Waals surface area contributed by atoms with E-state index in [0.717, 1.165) is 69.8 Å². The highest BCUT2D eigenvalue weighted by atomic mass is 16.5. The van der Waals surface area contributed by atoms with Gasteiger partial charge in [0.15, 0.2) is 11.5 Å². The van der Waals surface area contributed by atoms with E-state index in [2.05, 4.69) is 46.0 Å². The zero-order valence-electron chi connectivity index (χ0n) is 21.7. The zero-order valence-corrected chi connectivity index (χ0v) is 21.7. The van der Waals surface area contributed by atoms with Crippen LogP contribution < -0.4 is 19.7 Å². The molecule has 2 heterocycles. The molecular weight excluding hydrogens is 440 g/mol. The molecule has 2 aromatic rings. The molecule has 1 amide bonds. The maximum Gasteiger partial charge on any atom is 0.255 e. The Bertz CT molecular complexity index is 1000. The highest BCUT2D eigenvalue weighted by molar-refractivity contribution is 6.00. The first-order valence-corrected chi connectivity index (χ1v) is 12.9. The Kier molecular flexibility index (Phi) is 8.52. The number of hydrogen-bond acceptors (Lipinski definition) is 6. The van der Waals surface area contributed by atoms with Crippen molar-refractivity contribution in [2.45, 2.75) is 39.3 Å². The molecule has 190 valence electrons. The van der Waals surface area contributed by atoms with Crippen LogP contribution in [-0.4, -0.2) is 75.7 Å². The number of piperazine rings is 1. The van der Waals surface area contributed by atoms with Gasteiger partial charge in [0.05, 0.1) is 20.3 Å². The number of amides is 1. The Labute approximate surface area is 210 Å². The molecule has 0 radical (unpaired) electrons. The minimum absolute atomic E-state index is 0.0295. The summed E-state index contributed by atoms with van der Waals surface area (Å²) in [6.45, 7) is 12.1. The monoisotopic (exact) mass is 480 g/mol. The van der Waals surface area contributed by atoms with E-state index in [4.69, 9.17) is 9.47 Å². The van der Waals surface area contributed by atoms with Crippen LogP contribution in [0.5, 0.6) is 11.5 Å². The molecule has 0 aliphatic carbocycles. The number of fused-ring (bicyclic) bond motifs is 1. The van der Waals surface area contributed by atoms with Crippen LogP contribution in [0.2, 0.25) is 0 Å². The lowest BCUT2D eigenvalue weighted by atomic mass is 9.99. The number of likely N-dealkylation sites (N-methyl/N-ethyl adjacent to an activating group) is 1. The third kappa shape index (κ3) is 5.41. The number of benzene rings is 2. The van der Waals surface area contributed by atoms with Gasteiger partial charge in [0.2, 0.25) is 0 Å². The summed E-state index contributed by atoms with van der Waals surface area (Å²) in [6, 6.07) is 12.2. The van der Waals surface area contributed by atoms with Gasteiger partial charge in [-0.05, 0) is 62.3 Å². The number of ether oxygens (including phenoxy) is 2. The highest BCUT2D eigenvalue weighted by Crippen LogP contribution is 2.40. The van der Waals surface area contributed by atoms with Gasteiger partial charge in [-0.25, -0.2) is 0 Å². The van der Waals surface area contributed by atoms with Gasteiger partial charge in [0, 0.05) is 49.5 Å². The standard InChI is InChI=1S/C28H40N4O3/c1-5-29-14-8-11-24(21-12-13-26(34-3)27(19-21)35-4)32-20-23-22(28(32)33)9-7-10-25(23)31-17-15-30(6-2)16-18-31/h7,9-10,12-13,19,24,29H,5-6,8,11,14-18,20H2,1-4H3/t24-/m1/s1. The molecule has 0 aromatic heterocycles. The van der Waals surface area contributed by atoms with Crippen molar-refractivity contribution >= 4 is 11.6 Å². The summed E-state index contributed by atoms with van der Waals surface area (Å²) in [5.74, 6) is 1.52. The SMILES string of the molecule is CCNCCC[C@H](c1ccc(OC)c(OC)c1)N1Cc2c(cccc2N2CCN(CC)CC2)C1=O. The van der Waals surface area contributed by atoms with E-state index in [0.29, 0.717) is 18.0 Å². The first-order chi connectivity index (χ1) is 17.1. The van der Waals surface area contributed by atoms with Crippen LogP contribution in [0.25, 0.3) is 0 Å². The van der Waals surface area contributed by atoms with Gasteiger partial charge in [0.25, 0.3) is 5.91 Å². The lowest BCUT2D eigenvalue weighted by Gasteiger charge is -2.36. The highest BCUT2D eigenvalue weighted by Gasteiger charge is 2.36. The van der Waals surface area contributed by atoms with Crippen molar-refractivity contribution in [1.82, 2.24) is 15.1 Å². The fourth-order valence-corrected chi connectivity index (χ4v) is 5.35. The van der Waals surface area contributed by atoms with E-state index in [1.54, 1.807) is 14.2 Å². The summed E-state index contributed by atoms with van der Waals surface area (Å²) < 4.78 is 11.0. The number of nitrogens with zero attached hydrogens (tertiary/aromatic N) is 3. The fourth-order valence-electron chi connectivity index (χ4n) is 5.35.